The van der Waals surface area contributed by atoms with E-state index in [-0.39, 0.29) is 30.4 Å². The van der Waals surface area contributed by atoms with E-state index in [1.54, 1.807) is 0 Å². The van der Waals surface area contributed by atoms with Crippen molar-refractivity contribution in [2.45, 2.75) is 62.3 Å². The second-order valence-corrected chi connectivity index (χ2v) is 12.1. The van der Waals surface area contributed by atoms with Gasteiger partial charge in [0.15, 0.2) is 18.4 Å². The van der Waals surface area contributed by atoms with Gasteiger partial charge in [0.1, 0.15) is 11.4 Å². The molecule has 0 spiro atoms. The van der Waals surface area contributed by atoms with Gasteiger partial charge in [-0.1, -0.05) is 60.7 Å². The fraction of sp³-hybridized carbons (Fsp3) is 0.323. The van der Waals surface area contributed by atoms with Crippen LogP contribution in [0.3, 0.4) is 0 Å². The van der Waals surface area contributed by atoms with Crippen molar-refractivity contribution < 1.29 is 28.6 Å². The number of esters is 1. The van der Waals surface area contributed by atoms with Crippen molar-refractivity contribution in [2.75, 3.05) is 0 Å². The Hall–Kier alpha value is -3.44. The summed E-state index contributed by atoms with van der Waals surface area (Å²) in [5.74, 6) is -1.17. The van der Waals surface area contributed by atoms with Gasteiger partial charge in [-0.25, -0.2) is 4.79 Å². The van der Waals surface area contributed by atoms with Gasteiger partial charge in [0.05, 0.1) is 18.6 Å². The number of amides is 2. The summed E-state index contributed by atoms with van der Waals surface area (Å²) in [6, 6.07) is 19.1. The molecule has 4 unspecified atom stereocenters. The molecular formula is C31H30N2O6S2. The highest BCUT2D eigenvalue weighted by Crippen LogP contribution is 2.44. The molecule has 0 bridgehead atoms. The molecule has 2 aromatic carbocycles. The van der Waals surface area contributed by atoms with Gasteiger partial charge >= 0.3 is 5.97 Å². The highest BCUT2D eigenvalue weighted by atomic mass is 32.2. The van der Waals surface area contributed by atoms with Gasteiger partial charge in [-0.15, -0.1) is 11.8 Å². The van der Waals surface area contributed by atoms with Gasteiger partial charge < -0.3 is 24.4 Å². The minimum absolute atomic E-state index is 0.182. The summed E-state index contributed by atoms with van der Waals surface area (Å²) >= 11 is 2.88. The lowest BCUT2D eigenvalue weighted by atomic mass is 9.96. The van der Waals surface area contributed by atoms with Crippen molar-refractivity contribution in [1.82, 2.24) is 10.2 Å². The predicted molar refractivity (Wildman–Crippen MR) is 156 cm³/mol. The molecule has 3 aliphatic heterocycles. The molecule has 3 aliphatic rings. The van der Waals surface area contributed by atoms with Crippen LogP contribution in [-0.2, 0) is 35.0 Å². The summed E-state index contributed by atoms with van der Waals surface area (Å²) in [5, 5.41) is 8.05. The zero-order valence-corrected chi connectivity index (χ0v) is 24.2. The first-order chi connectivity index (χ1) is 19.9. The first-order valence-electron chi connectivity index (χ1n) is 13.5. The molecule has 2 saturated heterocycles. The summed E-state index contributed by atoms with van der Waals surface area (Å²) in [4.78, 5) is 41.9. The van der Waals surface area contributed by atoms with Crippen LogP contribution in [0.1, 0.15) is 36.6 Å². The smallest absolute Gasteiger partial charge is 0.334 e. The number of carbonyl (C=O) groups is 3. The van der Waals surface area contributed by atoms with Crippen LogP contribution in [0.4, 0.5) is 0 Å². The first kappa shape index (κ1) is 27.7. The largest absolute Gasteiger partial charge is 0.451 e. The van der Waals surface area contributed by atoms with Crippen LogP contribution in [0, 0.1) is 0 Å². The Morgan fingerprint density at radius 3 is 2.20 bits per heavy atom. The Morgan fingerprint density at radius 2 is 1.61 bits per heavy atom. The zero-order valence-electron chi connectivity index (χ0n) is 22.5. The second kappa shape index (κ2) is 11.8. The summed E-state index contributed by atoms with van der Waals surface area (Å²) < 4.78 is 18.3. The van der Waals surface area contributed by atoms with Crippen LogP contribution >= 0.6 is 23.1 Å². The number of carbonyl (C=O) groups excluding carboxylic acids is 3. The molecule has 0 radical (unpaired) electrons. The lowest BCUT2D eigenvalue weighted by Gasteiger charge is -2.52. The molecule has 10 heteroatoms. The fourth-order valence-electron chi connectivity index (χ4n) is 5.21. The monoisotopic (exact) mass is 590 g/mol. The Kier molecular flexibility index (Phi) is 7.99. The van der Waals surface area contributed by atoms with E-state index in [4.69, 9.17) is 14.2 Å². The number of hydrogen-bond acceptors (Lipinski definition) is 8. The summed E-state index contributed by atoms with van der Waals surface area (Å²) in [6.07, 6.45) is -1.65. The van der Waals surface area contributed by atoms with Crippen LogP contribution in [0.5, 0.6) is 0 Å². The standard InChI is InChI=1S/C31H30N2O6S2/c1-18-19(2)38-31(37-18)23-17-41-29-25(32-24(34)15-20-13-14-40-16-20)28(35)33(29)26(23)30(36)39-27(21-9-5-3-6-10-21)22-11-7-4-8-12-22/h3-14,16-19,25-27,29,31H,15H2,1-2H3,(H,32,34)/t18?,19?,25?,26?,29-,31?/m0/s1. The maximum Gasteiger partial charge on any atom is 0.334 e. The van der Waals surface area contributed by atoms with E-state index in [1.165, 1.54) is 28.0 Å². The third-order valence-electron chi connectivity index (χ3n) is 7.55. The summed E-state index contributed by atoms with van der Waals surface area (Å²) in [5.41, 5.74) is 3.03. The Bertz CT molecular complexity index is 1380. The molecule has 0 saturated carbocycles. The van der Waals surface area contributed by atoms with Crippen molar-refractivity contribution >= 4 is 40.9 Å². The van der Waals surface area contributed by atoms with E-state index in [2.05, 4.69) is 5.32 Å². The molecule has 1 N–H and O–H groups in total. The number of ether oxygens (including phenoxy) is 3. The number of nitrogens with zero attached hydrogens (tertiary/aromatic N) is 1. The first-order valence-corrected chi connectivity index (χ1v) is 15.4. The molecule has 1 aromatic heterocycles. The minimum atomic E-state index is -1.06. The molecule has 5 atom stereocenters. The van der Waals surface area contributed by atoms with Gasteiger partial charge in [-0.2, -0.15) is 11.3 Å². The topological polar surface area (TPSA) is 94.2 Å². The molecule has 212 valence electrons. The van der Waals surface area contributed by atoms with Gasteiger partial charge in [0.25, 0.3) is 0 Å². The van der Waals surface area contributed by atoms with E-state index in [1.807, 2.05) is 96.7 Å². The average molecular weight is 591 g/mol. The van der Waals surface area contributed by atoms with E-state index >= 15 is 0 Å². The third-order valence-corrected chi connectivity index (χ3v) is 9.47. The lowest BCUT2D eigenvalue weighted by molar-refractivity contribution is -0.167. The second-order valence-electron chi connectivity index (χ2n) is 10.3. The third kappa shape index (κ3) is 5.57. The summed E-state index contributed by atoms with van der Waals surface area (Å²) in [6.45, 7) is 3.82. The van der Waals surface area contributed by atoms with Crippen LogP contribution < -0.4 is 5.32 Å². The van der Waals surface area contributed by atoms with E-state index in [0.717, 1.165) is 16.7 Å². The molecule has 4 heterocycles. The molecule has 2 fully saturated rings. The number of benzene rings is 2. The van der Waals surface area contributed by atoms with Gasteiger partial charge in [-0.05, 0) is 52.8 Å². The number of rotatable bonds is 8. The molecular weight excluding hydrogens is 560 g/mol. The summed E-state index contributed by atoms with van der Waals surface area (Å²) in [7, 11) is 0. The van der Waals surface area contributed by atoms with Crippen molar-refractivity contribution in [3.8, 4) is 0 Å². The predicted octanol–water partition coefficient (Wildman–Crippen LogP) is 4.43. The normalized spacial score (nSPS) is 27.1. The number of β-lactam (4-membered cyclic amide) rings is 1. The Labute approximate surface area is 246 Å². The lowest BCUT2D eigenvalue weighted by Crippen LogP contribution is -2.74. The van der Waals surface area contributed by atoms with Crippen molar-refractivity contribution in [2.24, 2.45) is 0 Å². The number of thioether (sulfide) groups is 1. The minimum Gasteiger partial charge on any atom is -0.451 e. The SMILES string of the molecule is CC1OC(C2=CS[C@H]3C(NC(=O)Cc4ccsc4)C(=O)N3C2C(=O)OC(c2ccccc2)c2ccccc2)OC1C. The van der Waals surface area contributed by atoms with Crippen LogP contribution in [0.25, 0.3) is 0 Å². The number of nitrogens with one attached hydrogen (secondary N) is 1. The van der Waals surface area contributed by atoms with Crippen LogP contribution in [0.15, 0.2) is 88.5 Å². The molecule has 3 aromatic rings. The van der Waals surface area contributed by atoms with E-state index in [9.17, 15) is 14.4 Å². The van der Waals surface area contributed by atoms with Gasteiger partial charge in [0.2, 0.25) is 11.8 Å². The molecule has 2 amide bonds. The zero-order chi connectivity index (χ0) is 28.5. The number of thiophene rings is 1. The van der Waals surface area contributed by atoms with E-state index < -0.39 is 35.8 Å². The highest BCUT2D eigenvalue weighted by Gasteiger charge is 2.58. The maximum absolute atomic E-state index is 14.1. The van der Waals surface area contributed by atoms with Gasteiger partial charge in [0, 0.05) is 5.57 Å². The average Bonchev–Trinajstić information content (AvgIpc) is 3.63. The quantitative estimate of drug-likeness (QED) is 0.307. The van der Waals surface area contributed by atoms with Crippen LogP contribution in [-0.4, -0.2) is 58.6 Å². The van der Waals surface area contributed by atoms with Crippen LogP contribution in [0.2, 0.25) is 0 Å². The molecule has 0 aliphatic carbocycles. The molecule has 6 rings (SSSR count). The van der Waals surface area contributed by atoms with Crippen molar-refractivity contribution in [1.29, 1.82) is 0 Å². The Balaban J connectivity index is 1.27. The van der Waals surface area contributed by atoms with E-state index in [0.29, 0.717) is 5.57 Å². The maximum atomic E-state index is 14.1. The number of fused-ring (bicyclic) bond motifs is 1. The van der Waals surface area contributed by atoms with Crippen molar-refractivity contribution in [3.05, 3.63) is 105 Å². The highest BCUT2D eigenvalue weighted by molar-refractivity contribution is 8.03. The molecule has 41 heavy (non-hydrogen) atoms. The Morgan fingerprint density at radius 1 is 0.976 bits per heavy atom. The fourth-order valence-corrected chi connectivity index (χ4v) is 7.12. The van der Waals surface area contributed by atoms with Crippen molar-refractivity contribution in [3.63, 3.8) is 0 Å². The molecule has 8 nitrogen and oxygen atoms in total. The number of hydrogen-bond donors (Lipinski definition) is 1. The van der Waals surface area contributed by atoms with Gasteiger partial charge in [-0.3, -0.25) is 9.59 Å².